The van der Waals surface area contributed by atoms with Crippen molar-refractivity contribution in [2.45, 2.75) is 0 Å². The van der Waals surface area contributed by atoms with E-state index in [-0.39, 0.29) is 36.0 Å². The second-order valence-corrected chi connectivity index (χ2v) is 7.00. The highest BCUT2D eigenvalue weighted by atomic mass is 32.2. The number of carbonyl (C=O) groups is 2. The van der Waals surface area contributed by atoms with Crippen molar-refractivity contribution in [3.63, 3.8) is 0 Å². The SMILES string of the molecule is COC(=O)C1=C(C(=O)OC)N(c2cc(F)ccc2NS(C)(=O)=O)COC1. The van der Waals surface area contributed by atoms with Crippen LogP contribution in [0.15, 0.2) is 29.5 Å². The van der Waals surface area contributed by atoms with E-state index >= 15 is 0 Å². The molecule has 26 heavy (non-hydrogen) atoms. The van der Waals surface area contributed by atoms with Crippen LogP contribution in [0.2, 0.25) is 0 Å². The molecule has 1 N–H and O–H groups in total. The molecule has 0 atom stereocenters. The number of halogens is 1. The summed E-state index contributed by atoms with van der Waals surface area (Å²) in [6.07, 6.45) is 0.920. The first-order valence-corrected chi connectivity index (χ1v) is 9.09. The zero-order chi connectivity index (χ0) is 19.5. The number of esters is 2. The van der Waals surface area contributed by atoms with Crippen LogP contribution in [0.3, 0.4) is 0 Å². The lowest BCUT2D eigenvalue weighted by molar-refractivity contribution is -0.140. The first kappa shape index (κ1) is 19.7. The van der Waals surface area contributed by atoms with Gasteiger partial charge in [-0.25, -0.2) is 22.4 Å². The second kappa shape index (κ2) is 7.70. The summed E-state index contributed by atoms with van der Waals surface area (Å²) in [5, 5.41) is 0. The molecule has 0 amide bonds. The van der Waals surface area contributed by atoms with E-state index in [1.807, 2.05) is 0 Å². The molecule has 1 heterocycles. The molecule has 1 aliphatic rings. The number of nitrogens with one attached hydrogen (secondary N) is 1. The van der Waals surface area contributed by atoms with Gasteiger partial charge in [0.15, 0.2) is 0 Å². The van der Waals surface area contributed by atoms with Crippen molar-refractivity contribution < 1.29 is 36.6 Å². The zero-order valence-corrected chi connectivity index (χ0v) is 15.1. The molecule has 2 rings (SSSR count). The molecule has 0 aliphatic carbocycles. The molecule has 1 aromatic rings. The Balaban J connectivity index is 2.66. The number of methoxy groups -OCH3 is 2. The van der Waals surface area contributed by atoms with Crippen LogP contribution in [0.1, 0.15) is 0 Å². The summed E-state index contributed by atoms with van der Waals surface area (Å²) >= 11 is 0. The molecule has 0 aromatic heterocycles. The van der Waals surface area contributed by atoms with E-state index in [1.165, 1.54) is 6.07 Å². The van der Waals surface area contributed by atoms with Crippen molar-refractivity contribution in [2.24, 2.45) is 0 Å². The Morgan fingerprint density at radius 3 is 2.46 bits per heavy atom. The van der Waals surface area contributed by atoms with Gasteiger partial charge in [0.25, 0.3) is 0 Å². The van der Waals surface area contributed by atoms with Crippen LogP contribution in [0.25, 0.3) is 0 Å². The molecule has 0 saturated carbocycles. The molecular formula is C15H17FN2O7S. The predicted molar refractivity (Wildman–Crippen MR) is 89.2 cm³/mol. The van der Waals surface area contributed by atoms with Gasteiger partial charge in [-0.05, 0) is 18.2 Å². The lowest BCUT2D eigenvalue weighted by Crippen LogP contribution is -2.39. The molecule has 0 spiro atoms. The van der Waals surface area contributed by atoms with Crippen molar-refractivity contribution in [1.29, 1.82) is 0 Å². The lowest BCUT2D eigenvalue weighted by Gasteiger charge is -2.32. The molecule has 9 nitrogen and oxygen atoms in total. The van der Waals surface area contributed by atoms with Gasteiger partial charge in [0.05, 0.1) is 44.0 Å². The summed E-state index contributed by atoms with van der Waals surface area (Å²) in [5.41, 5.74) is -0.408. The second-order valence-electron chi connectivity index (χ2n) is 5.25. The summed E-state index contributed by atoms with van der Waals surface area (Å²) in [6.45, 7) is -0.468. The van der Waals surface area contributed by atoms with Crippen LogP contribution in [0.4, 0.5) is 15.8 Å². The fraction of sp³-hybridized carbons (Fsp3) is 0.333. The van der Waals surface area contributed by atoms with E-state index < -0.39 is 27.8 Å². The van der Waals surface area contributed by atoms with Crippen LogP contribution < -0.4 is 9.62 Å². The third-order valence-corrected chi connectivity index (χ3v) is 3.97. The van der Waals surface area contributed by atoms with E-state index in [0.717, 1.165) is 37.5 Å². The predicted octanol–water partition coefficient (Wildman–Crippen LogP) is 0.591. The normalized spacial score (nSPS) is 14.8. The standard InChI is InChI=1S/C15H17FN2O7S/c1-23-14(19)10-7-25-8-18(13(10)15(20)24-2)12-6-9(16)4-5-11(12)17-26(3,21)22/h4-6,17H,7-8H2,1-3H3. The van der Waals surface area contributed by atoms with Gasteiger partial charge in [0.1, 0.15) is 18.2 Å². The minimum absolute atomic E-state index is 0.00924. The van der Waals surface area contributed by atoms with Gasteiger partial charge in [-0.3, -0.25) is 4.72 Å². The number of anilines is 2. The summed E-state index contributed by atoms with van der Waals surface area (Å²) in [4.78, 5) is 25.4. The number of ether oxygens (including phenoxy) is 3. The monoisotopic (exact) mass is 388 g/mol. The summed E-state index contributed by atoms with van der Waals surface area (Å²) in [6, 6.07) is 3.23. The largest absolute Gasteiger partial charge is 0.466 e. The van der Waals surface area contributed by atoms with Gasteiger partial charge >= 0.3 is 11.9 Å². The Morgan fingerprint density at radius 1 is 1.23 bits per heavy atom. The molecule has 0 bridgehead atoms. The molecular weight excluding hydrogens is 371 g/mol. The molecule has 11 heteroatoms. The number of hydrogen-bond acceptors (Lipinski definition) is 8. The maximum absolute atomic E-state index is 13.8. The van der Waals surface area contributed by atoms with E-state index in [9.17, 15) is 22.4 Å². The number of carbonyl (C=O) groups excluding carboxylic acids is 2. The number of sulfonamides is 1. The number of benzene rings is 1. The molecule has 0 radical (unpaired) electrons. The molecule has 1 aromatic carbocycles. The third kappa shape index (κ3) is 4.29. The zero-order valence-electron chi connectivity index (χ0n) is 14.2. The van der Waals surface area contributed by atoms with Crippen molar-refractivity contribution >= 4 is 33.3 Å². The first-order chi connectivity index (χ1) is 12.2. The Bertz CT molecular complexity index is 867. The minimum Gasteiger partial charge on any atom is -0.466 e. The summed E-state index contributed by atoms with van der Waals surface area (Å²) in [7, 11) is -1.46. The highest BCUT2D eigenvalue weighted by Crippen LogP contribution is 2.33. The topological polar surface area (TPSA) is 111 Å². The van der Waals surface area contributed by atoms with E-state index in [2.05, 4.69) is 9.46 Å². The highest BCUT2D eigenvalue weighted by molar-refractivity contribution is 7.92. The molecule has 142 valence electrons. The van der Waals surface area contributed by atoms with Crippen LogP contribution >= 0.6 is 0 Å². The van der Waals surface area contributed by atoms with Crippen LogP contribution in [-0.4, -0.2) is 54.2 Å². The summed E-state index contributed by atoms with van der Waals surface area (Å²) in [5.74, 6) is -2.40. The van der Waals surface area contributed by atoms with Crippen LogP contribution in [0.5, 0.6) is 0 Å². The maximum atomic E-state index is 13.8. The smallest absolute Gasteiger partial charge is 0.355 e. The van der Waals surface area contributed by atoms with E-state index in [1.54, 1.807) is 0 Å². The van der Waals surface area contributed by atoms with E-state index in [0.29, 0.717) is 0 Å². The van der Waals surface area contributed by atoms with Crippen molar-refractivity contribution in [1.82, 2.24) is 0 Å². The van der Waals surface area contributed by atoms with Crippen LogP contribution in [-0.2, 0) is 33.8 Å². The fourth-order valence-corrected chi connectivity index (χ4v) is 2.92. The van der Waals surface area contributed by atoms with E-state index in [4.69, 9.17) is 9.47 Å². The minimum atomic E-state index is -3.69. The van der Waals surface area contributed by atoms with Crippen molar-refractivity contribution in [3.05, 3.63) is 35.3 Å². The third-order valence-electron chi connectivity index (χ3n) is 3.38. The van der Waals surface area contributed by atoms with Gasteiger partial charge in [-0.1, -0.05) is 0 Å². The van der Waals surface area contributed by atoms with Gasteiger partial charge < -0.3 is 19.1 Å². The Morgan fingerprint density at radius 2 is 1.88 bits per heavy atom. The first-order valence-electron chi connectivity index (χ1n) is 7.20. The average Bonchev–Trinajstić information content (AvgIpc) is 2.60. The number of hydrogen-bond donors (Lipinski definition) is 1. The van der Waals surface area contributed by atoms with Gasteiger partial charge in [0, 0.05) is 0 Å². The number of rotatable bonds is 5. The fourth-order valence-electron chi connectivity index (χ4n) is 2.35. The summed E-state index contributed by atoms with van der Waals surface area (Å²) < 4.78 is 53.8. The number of nitrogens with zero attached hydrogens (tertiary/aromatic N) is 1. The quantitative estimate of drug-likeness (QED) is 0.730. The molecule has 0 saturated heterocycles. The van der Waals surface area contributed by atoms with Gasteiger partial charge in [-0.15, -0.1) is 0 Å². The van der Waals surface area contributed by atoms with Gasteiger partial charge in [-0.2, -0.15) is 0 Å². The lowest BCUT2D eigenvalue weighted by atomic mass is 10.1. The molecule has 0 unspecified atom stereocenters. The Hall–Kier alpha value is -2.66. The van der Waals surface area contributed by atoms with Crippen LogP contribution in [0, 0.1) is 5.82 Å². The molecule has 0 fully saturated rings. The van der Waals surface area contributed by atoms with Gasteiger partial charge in [0.2, 0.25) is 10.0 Å². The van der Waals surface area contributed by atoms with Crippen molar-refractivity contribution in [3.8, 4) is 0 Å². The molecule has 1 aliphatic heterocycles. The highest BCUT2D eigenvalue weighted by Gasteiger charge is 2.33. The maximum Gasteiger partial charge on any atom is 0.355 e. The average molecular weight is 388 g/mol. The van der Waals surface area contributed by atoms with Crippen molar-refractivity contribution in [2.75, 3.05) is 43.4 Å². The Kier molecular flexibility index (Phi) is 5.83. The Labute approximate surface area is 149 Å².